The van der Waals surface area contributed by atoms with Crippen LogP contribution in [0.4, 0.5) is 0 Å². The minimum Gasteiger partial charge on any atom is -0.257 e. The molecule has 1 aliphatic carbocycles. The second-order valence-corrected chi connectivity index (χ2v) is 5.75. The van der Waals surface area contributed by atoms with E-state index in [0.717, 1.165) is 23.2 Å². The zero-order valence-corrected chi connectivity index (χ0v) is 11.8. The van der Waals surface area contributed by atoms with Crippen LogP contribution in [0, 0.1) is 11.8 Å². The van der Waals surface area contributed by atoms with Crippen LogP contribution in [0.15, 0.2) is 23.3 Å². The van der Waals surface area contributed by atoms with Crippen molar-refractivity contribution in [2.75, 3.05) is 0 Å². The summed E-state index contributed by atoms with van der Waals surface area (Å²) in [6.45, 7) is 4.97. The molecular weight excluding hydrogens is 236 g/mol. The van der Waals surface area contributed by atoms with Crippen molar-refractivity contribution in [3.63, 3.8) is 0 Å². The summed E-state index contributed by atoms with van der Waals surface area (Å²) in [6, 6.07) is 6.04. The normalized spacial score (nSPS) is 24.5. The second kappa shape index (κ2) is 6.58. The van der Waals surface area contributed by atoms with Crippen LogP contribution in [0.3, 0.4) is 0 Å². The number of pyridine rings is 1. The number of hydrogen-bond donors (Lipinski definition) is 0. The van der Waals surface area contributed by atoms with Gasteiger partial charge in [-0.1, -0.05) is 37.9 Å². The highest BCUT2D eigenvalue weighted by molar-refractivity contribution is 5.15. The van der Waals surface area contributed by atoms with E-state index in [0.29, 0.717) is 12.5 Å². The first-order valence-corrected chi connectivity index (χ1v) is 7.17. The van der Waals surface area contributed by atoms with Gasteiger partial charge in [-0.25, -0.2) is 0 Å². The predicted octanol–water partition coefficient (Wildman–Crippen LogP) is 4.82. The summed E-state index contributed by atoms with van der Waals surface area (Å²) in [5.41, 5.74) is 10.4. The van der Waals surface area contributed by atoms with E-state index < -0.39 is 0 Å². The molecule has 0 N–H and O–H groups in total. The van der Waals surface area contributed by atoms with Gasteiger partial charge >= 0.3 is 0 Å². The highest BCUT2D eigenvalue weighted by atomic mass is 15.1. The maximum Gasteiger partial charge on any atom is 0.0684 e. The van der Waals surface area contributed by atoms with Crippen molar-refractivity contribution in [2.45, 2.75) is 52.0 Å². The summed E-state index contributed by atoms with van der Waals surface area (Å²) in [6.07, 6.45) is 5.30. The lowest BCUT2D eigenvalue weighted by Gasteiger charge is -2.30. The Labute approximate surface area is 114 Å². The van der Waals surface area contributed by atoms with Crippen molar-refractivity contribution in [2.24, 2.45) is 17.0 Å². The molecule has 0 radical (unpaired) electrons. The quantitative estimate of drug-likeness (QED) is 0.433. The van der Waals surface area contributed by atoms with E-state index in [1.807, 2.05) is 12.1 Å². The van der Waals surface area contributed by atoms with Crippen LogP contribution >= 0.6 is 0 Å². The molecule has 4 nitrogen and oxygen atoms in total. The number of hydrogen-bond acceptors (Lipinski definition) is 2. The molecule has 1 aromatic heterocycles. The fourth-order valence-corrected chi connectivity index (χ4v) is 2.97. The Morgan fingerprint density at radius 3 is 2.79 bits per heavy atom. The van der Waals surface area contributed by atoms with Crippen LogP contribution < -0.4 is 0 Å². The van der Waals surface area contributed by atoms with Crippen molar-refractivity contribution in [3.8, 4) is 0 Å². The zero-order valence-electron chi connectivity index (χ0n) is 11.8. The van der Waals surface area contributed by atoms with Crippen LogP contribution in [-0.4, -0.2) is 4.98 Å². The molecule has 19 heavy (non-hydrogen) atoms. The average molecular weight is 258 g/mol. The van der Waals surface area contributed by atoms with Gasteiger partial charge in [0.1, 0.15) is 0 Å². The summed E-state index contributed by atoms with van der Waals surface area (Å²) in [4.78, 5) is 7.43. The van der Waals surface area contributed by atoms with E-state index >= 15 is 0 Å². The molecule has 2 rings (SSSR count). The first-order valence-electron chi connectivity index (χ1n) is 7.17. The van der Waals surface area contributed by atoms with Gasteiger partial charge in [0.05, 0.1) is 6.54 Å². The minimum atomic E-state index is 0.346. The fraction of sp³-hybridized carbons (Fsp3) is 0.667. The van der Waals surface area contributed by atoms with E-state index in [-0.39, 0.29) is 0 Å². The molecule has 1 unspecified atom stereocenters. The Balaban J connectivity index is 2.05. The summed E-state index contributed by atoms with van der Waals surface area (Å²) in [7, 11) is 0. The van der Waals surface area contributed by atoms with E-state index in [9.17, 15) is 0 Å². The number of azide groups is 1. The molecule has 4 heteroatoms. The molecule has 0 aliphatic heterocycles. The first-order chi connectivity index (χ1) is 9.20. The lowest BCUT2D eigenvalue weighted by atomic mass is 9.76. The summed E-state index contributed by atoms with van der Waals surface area (Å²) < 4.78 is 0. The van der Waals surface area contributed by atoms with Gasteiger partial charge in [-0.3, -0.25) is 4.98 Å². The first kappa shape index (κ1) is 13.9. The van der Waals surface area contributed by atoms with Gasteiger partial charge < -0.3 is 0 Å². The van der Waals surface area contributed by atoms with Crippen LogP contribution in [0.25, 0.3) is 10.4 Å². The Hall–Kier alpha value is -1.54. The highest BCUT2D eigenvalue weighted by Gasteiger charge is 2.24. The van der Waals surface area contributed by atoms with Gasteiger partial charge in [0.2, 0.25) is 0 Å². The zero-order chi connectivity index (χ0) is 13.7. The molecule has 0 aromatic carbocycles. The van der Waals surface area contributed by atoms with Gasteiger partial charge in [-0.05, 0) is 42.3 Å². The van der Waals surface area contributed by atoms with Crippen LogP contribution in [0.2, 0.25) is 0 Å². The molecule has 0 spiro atoms. The Kier molecular flexibility index (Phi) is 4.80. The molecule has 1 heterocycles. The van der Waals surface area contributed by atoms with Crippen LogP contribution in [0.5, 0.6) is 0 Å². The average Bonchev–Trinajstić information content (AvgIpc) is 2.45. The molecule has 1 fully saturated rings. The third-order valence-corrected chi connectivity index (χ3v) is 4.36. The van der Waals surface area contributed by atoms with Gasteiger partial charge in [0.25, 0.3) is 0 Å². The topological polar surface area (TPSA) is 61.7 Å². The second-order valence-electron chi connectivity index (χ2n) is 5.75. The predicted molar refractivity (Wildman–Crippen MR) is 76.6 cm³/mol. The van der Waals surface area contributed by atoms with Crippen molar-refractivity contribution in [3.05, 3.63) is 40.0 Å². The minimum absolute atomic E-state index is 0.346. The van der Waals surface area contributed by atoms with Crippen molar-refractivity contribution >= 4 is 0 Å². The molecule has 1 aliphatic rings. The molecule has 1 atom stereocenters. The van der Waals surface area contributed by atoms with Gasteiger partial charge in [0, 0.05) is 22.2 Å². The molecule has 1 saturated carbocycles. The largest absolute Gasteiger partial charge is 0.257 e. The Bertz CT molecular complexity index is 457. The summed E-state index contributed by atoms with van der Waals surface area (Å²) in [5.74, 6) is 2.13. The molecular formula is C15H22N4. The maximum absolute atomic E-state index is 8.37. The summed E-state index contributed by atoms with van der Waals surface area (Å²) in [5, 5.41) is 3.58. The van der Waals surface area contributed by atoms with E-state index in [1.54, 1.807) is 0 Å². The van der Waals surface area contributed by atoms with E-state index in [2.05, 4.69) is 34.9 Å². The molecule has 0 amide bonds. The van der Waals surface area contributed by atoms with Crippen molar-refractivity contribution in [1.29, 1.82) is 0 Å². The number of aromatic nitrogens is 1. The van der Waals surface area contributed by atoms with Gasteiger partial charge in [-0.15, -0.1) is 0 Å². The molecule has 0 saturated heterocycles. The van der Waals surface area contributed by atoms with E-state index in [4.69, 9.17) is 5.53 Å². The fourth-order valence-electron chi connectivity index (χ4n) is 2.97. The standard InChI is InChI=1S/C15H22N4/c1-11-6-8-13(9-7-11)12(2)15-5-3-4-14(18-15)10-17-19-16/h3-5,11-13H,6-10H2,1-2H3. The summed E-state index contributed by atoms with van der Waals surface area (Å²) >= 11 is 0. The molecule has 0 bridgehead atoms. The van der Waals surface area contributed by atoms with Crippen LogP contribution in [-0.2, 0) is 6.54 Å². The SMILES string of the molecule is CC1CCC(C(C)c2cccc(CN=[N+]=[N-])n2)CC1. The Morgan fingerprint density at radius 2 is 2.11 bits per heavy atom. The molecule has 102 valence electrons. The van der Waals surface area contributed by atoms with Crippen molar-refractivity contribution < 1.29 is 0 Å². The third kappa shape index (κ3) is 3.71. The smallest absolute Gasteiger partial charge is 0.0684 e. The van der Waals surface area contributed by atoms with Gasteiger partial charge in [0.15, 0.2) is 0 Å². The monoisotopic (exact) mass is 258 g/mol. The number of rotatable bonds is 4. The highest BCUT2D eigenvalue weighted by Crippen LogP contribution is 2.37. The van der Waals surface area contributed by atoms with Crippen LogP contribution in [0.1, 0.15) is 56.8 Å². The maximum atomic E-state index is 8.37. The van der Waals surface area contributed by atoms with Crippen molar-refractivity contribution in [1.82, 2.24) is 4.98 Å². The lowest BCUT2D eigenvalue weighted by Crippen LogP contribution is -2.18. The lowest BCUT2D eigenvalue weighted by molar-refractivity contribution is 0.259. The number of nitrogens with zero attached hydrogens (tertiary/aromatic N) is 4. The molecule has 1 aromatic rings. The van der Waals surface area contributed by atoms with Gasteiger partial charge in [-0.2, -0.15) is 0 Å². The van der Waals surface area contributed by atoms with E-state index in [1.165, 1.54) is 25.7 Å². The Morgan fingerprint density at radius 1 is 1.37 bits per heavy atom. The third-order valence-electron chi connectivity index (χ3n) is 4.36.